The first-order valence-corrected chi connectivity index (χ1v) is 4.53. The van der Waals surface area contributed by atoms with E-state index in [1.165, 1.54) is 12.1 Å². The van der Waals surface area contributed by atoms with Crippen molar-refractivity contribution >= 4 is 11.8 Å². The van der Waals surface area contributed by atoms with Gasteiger partial charge in [0.05, 0.1) is 11.3 Å². The van der Waals surface area contributed by atoms with Crippen LogP contribution in [0.25, 0.3) is 0 Å². The van der Waals surface area contributed by atoms with Crippen molar-refractivity contribution in [1.82, 2.24) is 4.98 Å². The van der Waals surface area contributed by atoms with Gasteiger partial charge in [0.1, 0.15) is 5.82 Å². The van der Waals surface area contributed by atoms with Crippen LogP contribution in [-0.4, -0.2) is 11.0 Å². The predicted molar refractivity (Wildman–Crippen MR) is 51.8 cm³/mol. The lowest BCUT2D eigenvalue weighted by molar-refractivity contribution is 0.0506. The van der Waals surface area contributed by atoms with Crippen LogP contribution in [0.3, 0.4) is 0 Å². The lowest BCUT2D eigenvalue weighted by Crippen LogP contribution is -2.07. The molecule has 1 aromatic rings. The summed E-state index contributed by atoms with van der Waals surface area (Å²) < 4.78 is 0. The van der Waals surface area contributed by atoms with Gasteiger partial charge in [0.2, 0.25) is 0 Å². The molecule has 0 aromatic carbocycles. The maximum atomic E-state index is 11.3. The molecule has 0 bridgehead atoms. The Balaban J connectivity index is 2.36. The number of carbonyl (C=O) groups excluding carboxylic acids is 1. The molecule has 2 rings (SSSR count). The fourth-order valence-electron chi connectivity index (χ4n) is 1.41. The molecular formula is C9H9N3O3. The van der Waals surface area contributed by atoms with E-state index in [-0.39, 0.29) is 11.5 Å². The third-order valence-corrected chi connectivity index (χ3v) is 2.25. The van der Waals surface area contributed by atoms with Crippen molar-refractivity contribution in [1.29, 1.82) is 0 Å². The summed E-state index contributed by atoms with van der Waals surface area (Å²) in [5.41, 5.74) is 6.39. The SMILES string of the molecule is Nc1ccc(C(=O)ON=O)c(C2CC2)n1. The first-order chi connectivity index (χ1) is 7.22. The average molecular weight is 207 g/mol. The van der Waals surface area contributed by atoms with Gasteiger partial charge in [0.25, 0.3) is 0 Å². The number of aromatic nitrogens is 1. The summed E-state index contributed by atoms with van der Waals surface area (Å²) in [6.07, 6.45) is 1.95. The largest absolute Gasteiger partial charge is 0.384 e. The molecule has 15 heavy (non-hydrogen) atoms. The summed E-state index contributed by atoms with van der Waals surface area (Å²) >= 11 is 0. The molecular weight excluding hydrogens is 198 g/mol. The molecule has 0 atom stereocenters. The molecule has 0 unspecified atom stereocenters. The van der Waals surface area contributed by atoms with Gasteiger partial charge >= 0.3 is 5.97 Å². The van der Waals surface area contributed by atoms with E-state index in [0.29, 0.717) is 11.5 Å². The first kappa shape index (κ1) is 9.57. The number of anilines is 1. The molecule has 1 aliphatic rings. The zero-order chi connectivity index (χ0) is 10.8. The summed E-state index contributed by atoms with van der Waals surface area (Å²) in [6.45, 7) is 0. The van der Waals surface area contributed by atoms with Gasteiger partial charge in [0, 0.05) is 5.92 Å². The molecule has 1 heterocycles. The normalized spacial score (nSPS) is 14.7. The van der Waals surface area contributed by atoms with E-state index in [4.69, 9.17) is 5.73 Å². The molecule has 1 aliphatic carbocycles. The van der Waals surface area contributed by atoms with Crippen molar-refractivity contribution in [2.75, 3.05) is 5.73 Å². The van der Waals surface area contributed by atoms with Gasteiger partial charge in [-0.2, -0.15) is 0 Å². The second-order valence-corrected chi connectivity index (χ2v) is 3.40. The lowest BCUT2D eigenvalue weighted by Gasteiger charge is -2.04. The molecule has 2 N–H and O–H groups in total. The second kappa shape index (κ2) is 3.64. The number of nitrogens with two attached hydrogens (primary N) is 1. The predicted octanol–water partition coefficient (Wildman–Crippen LogP) is 1.38. The van der Waals surface area contributed by atoms with Gasteiger partial charge in [-0.3, -0.25) is 4.84 Å². The van der Waals surface area contributed by atoms with Crippen LogP contribution in [0.1, 0.15) is 34.8 Å². The van der Waals surface area contributed by atoms with Gasteiger partial charge in [0.15, 0.2) is 5.34 Å². The first-order valence-electron chi connectivity index (χ1n) is 4.53. The van der Waals surface area contributed by atoms with Crippen LogP contribution in [-0.2, 0) is 4.84 Å². The maximum Gasteiger partial charge on any atom is 0.371 e. The minimum atomic E-state index is -0.778. The third-order valence-electron chi connectivity index (χ3n) is 2.25. The Hall–Kier alpha value is -1.98. The molecule has 6 nitrogen and oxygen atoms in total. The van der Waals surface area contributed by atoms with Gasteiger partial charge in [-0.25, -0.2) is 9.78 Å². The molecule has 0 spiro atoms. The van der Waals surface area contributed by atoms with Gasteiger partial charge in [-0.1, -0.05) is 0 Å². The standard InChI is InChI=1S/C9H9N3O3/c10-7-4-3-6(9(13)15-12-14)8(11-7)5-1-2-5/h3-5H,1-2H2,(H2,10,11). The summed E-state index contributed by atoms with van der Waals surface area (Å²) in [7, 11) is 0. The minimum absolute atomic E-state index is 0.253. The lowest BCUT2D eigenvalue weighted by atomic mass is 10.1. The van der Waals surface area contributed by atoms with E-state index in [1.54, 1.807) is 0 Å². The number of hydrogen-bond acceptors (Lipinski definition) is 6. The van der Waals surface area contributed by atoms with Crippen LogP contribution in [0.4, 0.5) is 5.82 Å². The highest BCUT2D eigenvalue weighted by Crippen LogP contribution is 2.41. The molecule has 0 aliphatic heterocycles. The second-order valence-electron chi connectivity index (χ2n) is 3.40. The van der Waals surface area contributed by atoms with Crippen LogP contribution in [0, 0.1) is 4.91 Å². The number of hydrogen-bond donors (Lipinski definition) is 1. The number of carbonyl (C=O) groups is 1. The van der Waals surface area contributed by atoms with Crippen molar-refractivity contribution < 1.29 is 9.63 Å². The van der Waals surface area contributed by atoms with Crippen molar-refractivity contribution in [3.05, 3.63) is 28.3 Å². The Morgan fingerprint density at radius 2 is 2.27 bits per heavy atom. The summed E-state index contributed by atoms with van der Waals surface area (Å²) in [5, 5.41) is 2.10. The number of nitrogens with zero attached hydrogens (tertiary/aromatic N) is 2. The molecule has 78 valence electrons. The minimum Gasteiger partial charge on any atom is -0.384 e. The number of rotatable bonds is 3. The van der Waals surface area contributed by atoms with Crippen LogP contribution in [0.15, 0.2) is 17.5 Å². The fraction of sp³-hybridized carbons (Fsp3) is 0.333. The maximum absolute atomic E-state index is 11.3. The monoisotopic (exact) mass is 207 g/mol. The van der Waals surface area contributed by atoms with Crippen molar-refractivity contribution in [3.63, 3.8) is 0 Å². The average Bonchev–Trinajstić information content (AvgIpc) is 3.01. The Morgan fingerprint density at radius 1 is 1.53 bits per heavy atom. The quantitative estimate of drug-likeness (QED) is 0.596. The van der Waals surface area contributed by atoms with E-state index in [0.717, 1.165) is 12.8 Å². The Labute approximate surface area is 85.4 Å². The van der Waals surface area contributed by atoms with Crippen molar-refractivity contribution in [2.24, 2.45) is 5.34 Å². The topological polar surface area (TPSA) is 94.6 Å². The molecule has 6 heteroatoms. The van der Waals surface area contributed by atoms with Crippen LogP contribution in [0.2, 0.25) is 0 Å². The summed E-state index contributed by atoms with van der Waals surface area (Å²) in [6, 6.07) is 3.00. The Bertz CT molecular complexity index is 415. The van der Waals surface area contributed by atoms with E-state index in [1.807, 2.05) is 0 Å². The Kier molecular flexibility index (Phi) is 2.32. The van der Waals surface area contributed by atoms with E-state index < -0.39 is 5.97 Å². The molecule has 0 radical (unpaired) electrons. The fourth-order valence-corrected chi connectivity index (χ4v) is 1.41. The summed E-state index contributed by atoms with van der Waals surface area (Å²) in [4.78, 5) is 29.2. The van der Waals surface area contributed by atoms with Crippen molar-refractivity contribution in [2.45, 2.75) is 18.8 Å². The van der Waals surface area contributed by atoms with Crippen LogP contribution in [0.5, 0.6) is 0 Å². The van der Waals surface area contributed by atoms with Crippen molar-refractivity contribution in [3.8, 4) is 0 Å². The van der Waals surface area contributed by atoms with Gasteiger partial charge in [-0.05, 0) is 25.0 Å². The zero-order valence-electron chi connectivity index (χ0n) is 7.84. The van der Waals surface area contributed by atoms with E-state index >= 15 is 0 Å². The molecule has 1 aromatic heterocycles. The third kappa shape index (κ3) is 1.93. The van der Waals surface area contributed by atoms with Crippen LogP contribution >= 0.6 is 0 Å². The van der Waals surface area contributed by atoms with Crippen LogP contribution < -0.4 is 5.73 Å². The molecule has 1 saturated carbocycles. The van der Waals surface area contributed by atoms with Gasteiger partial charge < -0.3 is 5.73 Å². The van der Waals surface area contributed by atoms with Gasteiger partial charge in [-0.15, -0.1) is 4.91 Å². The molecule has 1 fully saturated rings. The number of pyridine rings is 1. The van der Waals surface area contributed by atoms with E-state index in [2.05, 4.69) is 15.2 Å². The zero-order valence-corrected chi connectivity index (χ0v) is 7.84. The highest BCUT2D eigenvalue weighted by molar-refractivity contribution is 5.91. The molecule has 0 saturated heterocycles. The smallest absolute Gasteiger partial charge is 0.371 e. The summed E-state index contributed by atoms with van der Waals surface area (Å²) in [5.74, 6) is -0.172. The highest BCUT2D eigenvalue weighted by atomic mass is 16.7. The van der Waals surface area contributed by atoms with E-state index in [9.17, 15) is 9.70 Å². The highest BCUT2D eigenvalue weighted by Gasteiger charge is 2.30. The Morgan fingerprint density at radius 3 is 2.87 bits per heavy atom. The molecule has 0 amide bonds. The number of nitrogen functional groups attached to an aromatic ring is 1.